The number of rotatable bonds is 2. The van der Waals surface area contributed by atoms with Crippen LogP contribution in [-0.2, 0) is 9.59 Å². The Kier molecular flexibility index (Phi) is 3.18. The summed E-state index contributed by atoms with van der Waals surface area (Å²) in [6, 6.07) is 0. The summed E-state index contributed by atoms with van der Waals surface area (Å²) in [6.45, 7) is 6.23. The largest absolute Gasteiger partial charge is 0.478 e. The minimum Gasteiger partial charge on any atom is -0.478 e. The fourth-order valence-corrected chi connectivity index (χ4v) is 3.14. The minimum absolute atomic E-state index is 0.0987. The fraction of sp³-hybridized carbons (Fsp3) is 0.600. The number of ketones is 1. The first-order chi connectivity index (χ1) is 8.31. The van der Waals surface area contributed by atoms with Crippen LogP contribution in [-0.4, -0.2) is 16.9 Å². The van der Waals surface area contributed by atoms with Crippen LogP contribution in [0.15, 0.2) is 22.8 Å². The van der Waals surface area contributed by atoms with Gasteiger partial charge >= 0.3 is 5.97 Å². The quantitative estimate of drug-likeness (QED) is 0.764. The molecule has 2 rings (SSSR count). The Balaban J connectivity index is 2.25. The number of carboxylic acids is 1. The third-order valence-corrected chi connectivity index (χ3v) is 4.39. The number of hydrogen-bond donors (Lipinski definition) is 1. The summed E-state index contributed by atoms with van der Waals surface area (Å²) in [7, 11) is 0. The summed E-state index contributed by atoms with van der Waals surface area (Å²) in [6.07, 6.45) is 4.41. The average molecular weight is 248 g/mol. The van der Waals surface area contributed by atoms with Crippen molar-refractivity contribution in [1.29, 1.82) is 0 Å². The monoisotopic (exact) mass is 248 g/mol. The number of aliphatic carboxylic acids is 1. The maximum Gasteiger partial charge on any atom is 0.328 e. The normalized spacial score (nSPS) is 27.4. The molecule has 18 heavy (non-hydrogen) atoms. The van der Waals surface area contributed by atoms with Crippen molar-refractivity contribution in [2.75, 3.05) is 0 Å². The Labute approximate surface area is 108 Å². The number of allylic oxidation sites excluding steroid dienone is 3. The van der Waals surface area contributed by atoms with E-state index >= 15 is 0 Å². The molecule has 0 saturated carbocycles. The molecule has 0 aliphatic heterocycles. The Morgan fingerprint density at radius 1 is 1.39 bits per heavy atom. The van der Waals surface area contributed by atoms with Gasteiger partial charge in [-0.2, -0.15) is 0 Å². The van der Waals surface area contributed by atoms with Crippen LogP contribution in [0.25, 0.3) is 0 Å². The summed E-state index contributed by atoms with van der Waals surface area (Å²) in [5, 5.41) is 8.80. The third-order valence-electron chi connectivity index (χ3n) is 4.39. The molecule has 0 bridgehead atoms. The number of Topliss-reactive ketones (excluding diaryl/α,β-unsaturated/α-hetero) is 1. The highest BCUT2D eigenvalue weighted by Crippen LogP contribution is 2.49. The van der Waals surface area contributed by atoms with Gasteiger partial charge in [0, 0.05) is 12.5 Å². The predicted molar refractivity (Wildman–Crippen MR) is 69.2 cm³/mol. The highest BCUT2D eigenvalue weighted by atomic mass is 16.4. The van der Waals surface area contributed by atoms with Gasteiger partial charge in [-0.1, -0.05) is 25.0 Å². The van der Waals surface area contributed by atoms with Crippen LogP contribution in [0.1, 0.15) is 46.5 Å². The van der Waals surface area contributed by atoms with Crippen molar-refractivity contribution >= 4 is 11.8 Å². The van der Waals surface area contributed by atoms with Gasteiger partial charge in [0.05, 0.1) is 0 Å². The van der Waals surface area contributed by atoms with Crippen LogP contribution in [0.4, 0.5) is 0 Å². The molecule has 0 aromatic heterocycles. The van der Waals surface area contributed by atoms with Crippen molar-refractivity contribution < 1.29 is 14.7 Å². The highest BCUT2D eigenvalue weighted by Gasteiger charge is 2.40. The Morgan fingerprint density at radius 3 is 2.61 bits per heavy atom. The summed E-state index contributed by atoms with van der Waals surface area (Å²) in [4.78, 5) is 22.7. The Morgan fingerprint density at radius 2 is 2.06 bits per heavy atom. The molecular formula is C15H20O3. The van der Waals surface area contributed by atoms with E-state index in [1.165, 1.54) is 11.6 Å². The van der Waals surface area contributed by atoms with Crippen molar-refractivity contribution in [1.82, 2.24) is 0 Å². The minimum atomic E-state index is -0.900. The Hall–Kier alpha value is -1.38. The van der Waals surface area contributed by atoms with Crippen LogP contribution < -0.4 is 0 Å². The molecule has 0 aromatic rings. The third kappa shape index (κ3) is 2.26. The molecule has 0 aromatic carbocycles. The van der Waals surface area contributed by atoms with Crippen molar-refractivity contribution in [3.63, 3.8) is 0 Å². The molecule has 0 saturated heterocycles. The second kappa shape index (κ2) is 4.38. The fourth-order valence-electron chi connectivity index (χ4n) is 3.14. The van der Waals surface area contributed by atoms with Gasteiger partial charge in [-0.3, -0.25) is 4.79 Å². The summed E-state index contributed by atoms with van der Waals surface area (Å²) < 4.78 is 0. The molecule has 98 valence electrons. The van der Waals surface area contributed by atoms with E-state index in [0.717, 1.165) is 30.4 Å². The molecule has 3 heteroatoms. The highest BCUT2D eigenvalue weighted by molar-refractivity contribution is 5.98. The van der Waals surface area contributed by atoms with Crippen molar-refractivity contribution in [3.8, 4) is 0 Å². The molecule has 2 aliphatic rings. The van der Waals surface area contributed by atoms with E-state index in [-0.39, 0.29) is 17.1 Å². The molecule has 0 unspecified atom stereocenters. The van der Waals surface area contributed by atoms with Crippen LogP contribution in [0.3, 0.4) is 0 Å². The van der Waals surface area contributed by atoms with E-state index in [4.69, 9.17) is 5.11 Å². The number of carbonyl (C=O) groups excluding carboxylic acids is 1. The average Bonchev–Trinajstić information content (AvgIpc) is 2.69. The molecule has 1 atom stereocenters. The van der Waals surface area contributed by atoms with Gasteiger partial charge in [-0.05, 0) is 43.1 Å². The van der Waals surface area contributed by atoms with Gasteiger partial charge in [0.15, 0.2) is 5.78 Å². The molecule has 0 spiro atoms. The lowest BCUT2D eigenvalue weighted by atomic mass is 9.73. The van der Waals surface area contributed by atoms with Gasteiger partial charge in [0.1, 0.15) is 0 Å². The Bertz CT molecular complexity index is 466. The van der Waals surface area contributed by atoms with E-state index in [0.29, 0.717) is 6.42 Å². The second-order valence-electron chi connectivity index (χ2n) is 6.10. The number of hydrogen-bond acceptors (Lipinski definition) is 2. The van der Waals surface area contributed by atoms with E-state index in [2.05, 4.69) is 13.8 Å². The maximum absolute atomic E-state index is 12.0. The van der Waals surface area contributed by atoms with Gasteiger partial charge in [-0.15, -0.1) is 0 Å². The lowest BCUT2D eigenvalue weighted by molar-refractivity contribution is -0.131. The lowest BCUT2D eigenvalue weighted by Gasteiger charge is -2.31. The standard InChI is InChI=1S/C15H20O3/c1-9(6-14(17)18)10-7-11-12(8-10)15(2,3)5-4-13(11)16/h6,10H,4-5,7-8H2,1-3H3,(H,17,18)/t10-/m1/s1. The van der Waals surface area contributed by atoms with E-state index in [9.17, 15) is 9.59 Å². The molecule has 0 radical (unpaired) electrons. The van der Waals surface area contributed by atoms with E-state index in [1.54, 1.807) is 0 Å². The molecule has 0 fully saturated rings. The summed E-state index contributed by atoms with van der Waals surface area (Å²) >= 11 is 0. The first-order valence-electron chi connectivity index (χ1n) is 6.48. The SMILES string of the molecule is CC(=CC(=O)O)[C@@H]1CC2=C(C1)C(C)(C)CCC2=O. The molecule has 0 amide bonds. The van der Waals surface area contributed by atoms with Gasteiger partial charge in [-0.25, -0.2) is 4.79 Å². The first-order valence-corrected chi connectivity index (χ1v) is 6.48. The molecular weight excluding hydrogens is 228 g/mol. The predicted octanol–water partition coefficient (Wildman–Crippen LogP) is 3.11. The smallest absolute Gasteiger partial charge is 0.328 e. The van der Waals surface area contributed by atoms with Gasteiger partial charge in [0.2, 0.25) is 0 Å². The van der Waals surface area contributed by atoms with Crippen molar-refractivity contribution in [2.45, 2.75) is 46.5 Å². The van der Waals surface area contributed by atoms with Crippen molar-refractivity contribution in [3.05, 3.63) is 22.8 Å². The maximum atomic E-state index is 12.0. The van der Waals surface area contributed by atoms with Gasteiger partial charge in [0.25, 0.3) is 0 Å². The van der Waals surface area contributed by atoms with E-state index < -0.39 is 5.97 Å². The zero-order valence-corrected chi connectivity index (χ0v) is 11.2. The number of carboxylic acid groups (broad SMARTS) is 1. The number of carbonyl (C=O) groups is 2. The van der Waals surface area contributed by atoms with Crippen LogP contribution in [0.2, 0.25) is 0 Å². The molecule has 3 nitrogen and oxygen atoms in total. The van der Waals surface area contributed by atoms with Gasteiger partial charge < -0.3 is 5.11 Å². The topological polar surface area (TPSA) is 54.4 Å². The zero-order chi connectivity index (χ0) is 13.5. The lowest BCUT2D eigenvalue weighted by Crippen LogP contribution is -2.23. The van der Waals surface area contributed by atoms with Crippen LogP contribution >= 0.6 is 0 Å². The zero-order valence-electron chi connectivity index (χ0n) is 11.2. The van der Waals surface area contributed by atoms with Crippen LogP contribution in [0.5, 0.6) is 0 Å². The summed E-state index contributed by atoms with van der Waals surface area (Å²) in [5.41, 5.74) is 3.22. The second-order valence-corrected chi connectivity index (χ2v) is 6.10. The molecule has 0 heterocycles. The molecule has 1 N–H and O–H groups in total. The molecule has 2 aliphatic carbocycles. The van der Waals surface area contributed by atoms with Crippen LogP contribution in [0, 0.1) is 11.3 Å². The van der Waals surface area contributed by atoms with E-state index in [1.807, 2.05) is 6.92 Å². The first kappa shape index (κ1) is 13.1. The van der Waals surface area contributed by atoms with Crippen molar-refractivity contribution in [2.24, 2.45) is 11.3 Å². The summed E-state index contributed by atoms with van der Waals surface area (Å²) in [5.74, 6) is -0.426.